The lowest BCUT2D eigenvalue weighted by Gasteiger charge is -2.55. The smallest absolute Gasteiger partial charge is 0.228 e. The lowest BCUT2D eigenvalue weighted by molar-refractivity contribution is -0.149. The summed E-state index contributed by atoms with van der Waals surface area (Å²) in [7, 11) is 1.74. The van der Waals surface area contributed by atoms with Gasteiger partial charge in [-0.1, -0.05) is 26.3 Å². The van der Waals surface area contributed by atoms with Crippen molar-refractivity contribution in [1.29, 1.82) is 0 Å². The third-order valence-corrected chi connectivity index (χ3v) is 7.45. The molecular formula is C22H31NO2. The first-order valence-corrected chi connectivity index (χ1v) is 9.96. The van der Waals surface area contributed by atoms with E-state index in [1.54, 1.807) is 7.11 Å². The minimum absolute atomic E-state index is 0.0878. The largest absolute Gasteiger partial charge is 0.497 e. The first-order valence-electron chi connectivity index (χ1n) is 9.96. The minimum Gasteiger partial charge on any atom is -0.497 e. The highest BCUT2D eigenvalue weighted by molar-refractivity contribution is 5.83. The first-order chi connectivity index (χ1) is 12.0. The van der Waals surface area contributed by atoms with Gasteiger partial charge in [-0.15, -0.1) is 0 Å². The van der Waals surface area contributed by atoms with Crippen LogP contribution in [0.1, 0.15) is 63.5 Å². The van der Waals surface area contributed by atoms with Crippen molar-refractivity contribution in [3.05, 3.63) is 29.3 Å². The predicted molar refractivity (Wildman–Crippen MR) is 99.9 cm³/mol. The summed E-state index contributed by atoms with van der Waals surface area (Å²) in [4.78, 5) is 15.6. The van der Waals surface area contributed by atoms with Crippen LogP contribution in [0.25, 0.3) is 0 Å². The maximum absolute atomic E-state index is 13.5. The summed E-state index contributed by atoms with van der Waals surface area (Å²) in [5, 5.41) is 0. The number of fused-ring (bicyclic) bond motifs is 3. The second-order valence-electron chi connectivity index (χ2n) is 8.80. The van der Waals surface area contributed by atoms with Crippen LogP contribution in [-0.4, -0.2) is 31.0 Å². The van der Waals surface area contributed by atoms with E-state index in [9.17, 15) is 4.79 Å². The van der Waals surface area contributed by atoms with E-state index in [1.165, 1.54) is 30.4 Å². The van der Waals surface area contributed by atoms with Crippen LogP contribution < -0.4 is 4.74 Å². The molecule has 136 valence electrons. The van der Waals surface area contributed by atoms with E-state index in [1.807, 2.05) is 0 Å². The second kappa shape index (κ2) is 6.03. The van der Waals surface area contributed by atoms with Crippen LogP contribution in [-0.2, 0) is 16.6 Å². The van der Waals surface area contributed by atoms with Gasteiger partial charge in [0.1, 0.15) is 5.75 Å². The highest BCUT2D eigenvalue weighted by Gasteiger charge is 2.55. The number of ether oxygens (including phenoxy) is 1. The van der Waals surface area contributed by atoms with Gasteiger partial charge in [-0.2, -0.15) is 0 Å². The third kappa shape index (κ3) is 2.50. The summed E-state index contributed by atoms with van der Waals surface area (Å²) >= 11 is 0. The molecule has 1 amide bonds. The fourth-order valence-corrected chi connectivity index (χ4v) is 6.10. The molecule has 2 aliphatic carbocycles. The zero-order chi connectivity index (χ0) is 17.7. The molecule has 0 N–H and O–H groups in total. The van der Waals surface area contributed by atoms with Crippen molar-refractivity contribution in [3.63, 3.8) is 0 Å². The summed E-state index contributed by atoms with van der Waals surface area (Å²) < 4.78 is 5.51. The van der Waals surface area contributed by atoms with E-state index in [-0.39, 0.29) is 10.8 Å². The molecule has 0 unspecified atom stereocenters. The van der Waals surface area contributed by atoms with Crippen molar-refractivity contribution in [2.75, 3.05) is 20.2 Å². The Kier molecular flexibility index (Phi) is 4.09. The van der Waals surface area contributed by atoms with Gasteiger partial charge in [0, 0.05) is 13.1 Å². The molecule has 4 rings (SSSR count). The van der Waals surface area contributed by atoms with Gasteiger partial charge in [-0.25, -0.2) is 0 Å². The van der Waals surface area contributed by atoms with Crippen molar-refractivity contribution < 1.29 is 9.53 Å². The van der Waals surface area contributed by atoms with Crippen molar-refractivity contribution >= 4 is 5.91 Å². The number of likely N-dealkylation sites (tertiary alicyclic amines) is 1. The average molecular weight is 341 g/mol. The lowest BCUT2D eigenvalue weighted by atomic mass is 9.49. The molecule has 2 fully saturated rings. The predicted octanol–water partition coefficient (Wildman–Crippen LogP) is 4.33. The van der Waals surface area contributed by atoms with Gasteiger partial charge in [0.15, 0.2) is 0 Å². The molecule has 0 radical (unpaired) electrons. The highest BCUT2D eigenvalue weighted by Crippen LogP contribution is 2.58. The van der Waals surface area contributed by atoms with Crippen molar-refractivity contribution in [3.8, 4) is 5.75 Å². The van der Waals surface area contributed by atoms with Crippen LogP contribution in [0.4, 0.5) is 0 Å². The van der Waals surface area contributed by atoms with E-state index in [0.29, 0.717) is 11.8 Å². The molecule has 3 aliphatic rings. The zero-order valence-electron chi connectivity index (χ0n) is 15.9. The normalized spacial score (nSPS) is 34.4. The summed E-state index contributed by atoms with van der Waals surface area (Å²) in [6.45, 7) is 6.59. The molecule has 0 aromatic heterocycles. The van der Waals surface area contributed by atoms with Crippen LogP contribution in [0.5, 0.6) is 5.75 Å². The highest BCUT2D eigenvalue weighted by atomic mass is 16.5. The molecule has 1 aromatic carbocycles. The quantitative estimate of drug-likeness (QED) is 0.801. The number of aryl methyl sites for hydroxylation is 1. The SMILES string of the molecule is COc1ccc2c(c1)[C@@]1(C)CCC[C@](C)(C(=O)N3CCCC3)[C@@H]1CC2. The molecular weight excluding hydrogens is 310 g/mol. The van der Waals surface area contributed by atoms with Gasteiger partial charge in [0.05, 0.1) is 12.5 Å². The summed E-state index contributed by atoms with van der Waals surface area (Å²) in [6.07, 6.45) is 7.92. The average Bonchev–Trinajstić information content (AvgIpc) is 3.15. The molecule has 3 atom stereocenters. The van der Waals surface area contributed by atoms with Crippen LogP contribution in [0.3, 0.4) is 0 Å². The monoisotopic (exact) mass is 341 g/mol. The summed E-state index contributed by atoms with van der Waals surface area (Å²) in [5.41, 5.74) is 2.77. The fourth-order valence-electron chi connectivity index (χ4n) is 6.10. The number of nitrogens with zero attached hydrogens (tertiary/aromatic N) is 1. The van der Waals surface area contributed by atoms with Crippen molar-refractivity contribution in [1.82, 2.24) is 4.90 Å². The molecule has 0 spiro atoms. The van der Waals surface area contributed by atoms with E-state index in [4.69, 9.17) is 4.74 Å². The van der Waals surface area contributed by atoms with Crippen LogP contribution in [0.15, 0.2) is 18.2 Å². The topological polar surface area (TPSA) is 29.5 Å². The number of amides is 1. The van der Waals surface area contributed by atoms with Crippen LogP contribution >= 0.6 is 0 Å². The Morgan fingerprint density at radius 3 is 2.64 bits per heavy atom. The number of hydrogen-bond acceptors (Lipinski definition) is 2. The van der Waals surface area contributed by atoms with Crippen molar-refractivity contribution in [2.45, 2.75) is 64.2 Å². The molecule has 1 aromatic rings. The van der Waals surface area contributed by atoms with Gasteiger partial charge >= 0.3 is 0 Å². The molecule has 1 saturated heterocycles. The Balaban J connectivity index is 1.74. The number of carbonyl (C=O) groups is 1. The molecule has 3 heteroatoms. The van der Waals surface area contributed by atoms with Crippen molar-refractivity contribution in [2.24, 2.45) is 11.3 Å². The number of benzene rings is 1. The van der Waals surface area contributed by atoms with Gasteiger partial charge in [-0.3, -0.25) is 4.79 Å². The maximum Gasteiger partial charge on any atom is 0.228 e. The number of carbonyl (C=O) groups excluding carboxylic acids is 1. The maximum atomic E-state index is 13.5. The van der Waals surface area contributed by atoms with Gasteiger partial charge < -0.3 is 9.64 Å². The standard InChI is InChI=1S/C22H31NO2/c1-21-11-6-12-22(2,20(24)23-13-4-5-14-23)19(21)10-8-16-7-9-17(25-3)15-18(16)21/h7,9,15,19H,4-6,8,10-14H2,1-3H3/t19-,21-,22+/m1/s1. The first kappa shape index (κ1) is 16.9. The fraction of sp³-hybridized carbons (Fsp3) is 0.682. The number of hydrogen-bond donors (Lipinski definition) is 0. The van der Waals surface area contributed by atoms with Crippen LogP contribution in [0, 0.1) is 11.3 Å². The number of rotatable bonds is 2. The molecule has 1 aliphatic heterocycles. The zero-order valence-corrected chi connectivity index (χ0v) is 15.9. The Hall–Kier alpha value is -1.51. The Bertz CT molecular complexity index is 679. The van der Waals surface area contributed by atoms with E-state index in [2.05, 4.69) is 36.9 Å². The molecule has 0 bridgehead atoms. The van der Waals surface area contributed by atoms with E-state index < -0.39 is 0 Å². The Labute approximate surface area is 151 Å². The van der Waals surface area contributed by atoms with Gasteiger partial charge in [0.25, 0.3) is 0 Å². The Morgan fingerprint density at radius 1 is 1.16 bits per heavy atom. The van der Waals surface area contributed by atoms with E-state index in [0.717, 1.165) is 44.5 Å². The minimum atomic E-state index is -0.210. The van der Waals surface area contributed by atoms with E-state index >= 15 is 0 Å². The Morgan fingerprint density at radius 2 is 1.92 bits per heavy atom. The summed E-state index contributed by atoms with van der Waals surface area (Å²) in [6, 6.07) is 6.57. The lowest BCUT2D eigenvalue weighted by Crippen LogP contribution is -2.55. The molecule has 3 nitrogen and oxygen atoms in total. The number of methoxy groups -OCH3 is 1. The molecule has 1 saturated carbocycles. The van der Waals surface area contributed by atoms with Gasteiger partial charge in [0.2, 0.25) is 5.91 Å². The molecule has 1 heterocycles. The second-order valence-corrected chi connectivity index (χ2v) is 8.80. The summed E-state index contributed by atoms with van der Waals surface area (Å²) in [5.74, 6) is 1.80. The van der Waals surface area contributed by atoms with Crippen LogP contribution in [0.2, 0.25) is 0 Å². The molecule has 25 heavy (non-hydrogen) atoms. The van der Waals surface area contributed by atoms with Gasteiger partial charge in [-0.05, 0) is 73.1 Å². The third-order valence-electron chi connectivity index (χ3n) is 7.45.